The van der Waals surface area contributed by atoms with Crippen molar-refractivity contribution in [1.29, 1.82) is 0 Å². The van der Waals surface area contributed by atoms with Crippen molar-refractivity contribution in [2.45, 2.75) is 25.4 Å². The minimum atomic E-state index is -1.14. The van der Waals surface area contributed by atoms with Crippen molar-refractivity contribution in [3.05, 3.63) is 131 Å². The Labute approximate surface area is 302 Å². The first kappa shape index (κ1) is 34.1. The van der Waals surface area contributed by atoms with E-state index in [1.54, 1.807) is 48.5 Å². The average molecular weight is 630 g/mol. The number of carboxylic acid groups (broad SMARTS) is 1. The summed E-state index contributed by atoms with van der Waals surface area (Å²) in [7, 11) is 0. The molecule has 6 rings (SSSR count). The standard InChI is InChI=1S/C27H25NO5.C8H5NO2.K/c29-24(15-12-18-10-13-20(14-11-18)19-6-2-1-3-7-19)23(27(32)33)16-17-28-25(30)21-8-4-5-9-22(21)26(28)31;10-7-5-3-1-2-4-6(5)8(11)9-7;/h1-11,13-14,23-24,29H,12,15-17H2,(H,32,33);1-4H,(H,9,10,11);. The van der Waals surface area contributed by atoms with Gasteiger partial charge in [-0.25, -0.2) is 0 Å². The maximum atomic E-state index is 12.5. The predicted molar refractivity (Wildman–Crippen MR) is 168 cm³/mol. The van der Waals surface area contributed by atoms with Crippen LogP contribution in [0.3, 0.4) is 0 Å². The molecule has 4 aromatic rings. The maximum Gasteiger partial charge on any atom is 0.309 e. The van der Waals surface area contributed by atoms with Crippen LogP contribution in [0.15, 0.2) is 103 Å². The van der Waals surface area contributed by atoms with Crippen LogP contribution in [0.25, 0.3) is 11.1 Å². The summed E-state index contributed by atoms with van der Waals surface area (Å²) in [5, 5.41) is 22.4. The number of aliphatic carboxylic acids is 1. The van der Waals surface area contributed by atoms with Crippen molar-refractivity contribution in [3.63, 3.8) is 0 Å². The molecule has 10 heteroatoms. The van der Waals surface area contributed by atoms with Crippen molar-refractivity contribution in [2.75, 3.05) is 6.54 Å². The largest absolute Gasteiger partial charge is 0.481 e. The molecule has 2 aliphatic rings. The summed E-state index contributed by atoms with van der Waals surface area (Å²) in [6.07, 6.45) is -0.308. The van der Waals surface area contributed by atoms with Crippen LogP contribution < -0.4 is 5.32 Å². The smallest absolute Gasteiger partial charge is 0.309 e. The number of hydrogen-bond donors (Lipinski definition) is 3. The molecule has 4 aromatic carbocycles. The third-order valence-electron chi connectivity index (χ3n) is 7.76. The van der Waals surface area contributed by atoms with E-state index in [4.69, 9.17) is 0 Å². The summed E-state index contributed by atoms with van der Waals surface area (Å²) in [5.41, 5.74) is 4.79. The average Bonchev–Trinajstić information content (AvgIpc) is 3.47. The molecule has 0 fully saturated rings. The van der Waals surface area contributed by atoms with E-state index >= 15 is 0 Å². The van der Waals surface area contributed by atoms with Gasteiger partial charge in [0.25, 0.3) is 23.6 Å². The Hall–Kier alpha value is -3.77. The van der Waals surface area contributed by atoms with Crippen LogP contribution in [-0.2, 0) is 11.2 Å². The summed E-state index contributed by atoms with van der Waals surface area (Å²) in [6, 6.07) is 31.2. The van der Waals surface area contributed by atoms with E-state index in [0.717, 1.165) is 21.6 Å². The number of nitrogens with zero attached hydrogens (tertiary/aromatic N) is 1. The zero-order valence-corrected chi connectivity index (χ0v) is 27.8. The summed E-state index contributed by atoms with van der Waals surface area (Å²) in [6.45, 7) is -0.0495. The zero-order valence-electron chi connectivity index (χ0n) is 24.7. The molecular formula is C35H30KN2O7. The van der Waals surface area contributed by atoms with Crippen LogP contribution in [0.2, 0.25) is 0 Å². The molecule has 1 radical (unpaired) electrons. The van der Waals surface area contributed by atoms with Gasteiger partial charge in [-0.1, -0.05) is 78.9 Å². The monoisotopic (exact) mass is 629 g/mol. The van der Waals surface area contributed by atoms with E-state index < -0.39 is 29.8 Å². The number of hydrogen-bond acceptors (Lipinski definition) is 6. The first-order valence-electron chi connectivity index (χ1n) is 14.2. The fourth-order valence-electron chi connectivity index (χ4n) is 5.32. The number of amides is 4. The number of aryl methyl sites for hydroxylation is 1. The van der Waals surface area contributed by atoms with Crippen molar-refractivity contribution >= 4 is 81.0 Å². The zero-order chi connectivity index (χ0) is 31.2. The molecule has 2 aliphatic heterocycles. The summed E-state index contributed by atoms with van der Waals surface area (Å²) < 4.78 is 0. The number of rotatable bonds is 9. The third-order valence-corrected chi connectivity index (χ3v) is 7.76. The van der Waals surface area contributed by atoms with Gasteiger partial charge in [-0.2, -0.15) is 0 Å². The van der Waals surface area contributed by atoms with Crippen LogP contribution >= 0.6 is 0 Å². The first-order valence-corrected chi connectivity index (χ1v) is 14.2. The fraction of sp³-hybridized carbons (Fsp3) is 0.171. The number of aliphatic hydroxyl groups is 1. The number of carbonyl (C=O) groups is 5. The number of benzene rings is 4. The molecule has 45 heavy (non-hydrogen) atoms. The van der Waals surface area contributed by atoms with E-state index in [0.29, 0.717) is 28.7 Å². The summed E-state index contributed by atoms with van der Waals surface area (Å²) in [4.78, 5) is 59.7. The summed E-state index contributed by atoms with van der Waals surface area (Å²) >= 11 is 0. The number of carbonyl (C=O) groups excluding carboxylic acids is 4. The normalized spacial score (nSPS) is 14.4. The molecule has 0 saturated carbocycles. The van der Waals surface area contributed by atoms with Crippen LogP contribution in [0.4, 0.5) is 0 Å². The van der Waals surface area contributed by atoms with E-state index in [2.05, 4.69) is 5.32 Å². The van der Waals surface area contributed by atoms with E-state index in [1.165, 1.54) is 0 Å². The van der Waals surface area contributed by atoms with Crippen LogP contribution in [-0.4, -0.2) is 109 Å². The molecule has 4 amide bonds. The van der Waals surface area contributed by atoms with Gasteiger partial charge >= 0.3 is 5.97 Å². The Morgan fingerprint density at radius 1 is 0.644 bits per heavy atom. The van der Waals surface area contributed by atoms with Gasteiger partial charge in [-0.15, -0.1) is 0 Å². The molecule has 223 valence electrons. The van der Waals surface area contributed by atoms with Gasteiger partial charge < -0.3 is 10.2 Å². The Balaban J connectivity index is 0.000000322. The maximum absolute atomic E-state index is 12.5. The SMILES string of the molecule is O=C(O)C(CCN1C(=O)c2ccccc2C1=O)C(O)CCc1ccc(-c2ccccc2)cc1.O=C1NC(=O)c2ccccc21.[K]. The van der Waals surface area contributed by atoms with Gasteiger partial charge in [-0.3, -0.25) is 34.2 Å². The predicted octanol–water partition coefficient (Wildman–Crippen LogP) is 4.22. The number of imide groups is 2. The Morgan fingerprint density at radius 3 is 1.62 bits per heavy atom. The number of aliphatic hydroxyl groups excluding tert-OH is 1. The van der Waals surface area contributed by atoms with Crippen LogP contribution in [0.5, 0.6) is 0 Å². The van der Waals surface area contributed by atoms with E-state index in [9.17, 15) is 34.2 Å². The molecule has 0 aromatic heterocycles. The topological polar surface area (TPSA) is 141 Å². The second-order valence-electron chi connectivity index (χ2n) is 10.5. The van der Waals surface area contributed by atoms with Gasteiger partial charge in [-0.05, 0) is 60.2 Å². The molecule has 0 spiro atoms. The minimum Gasteiger partial charge on any atom is -0.481 e. The first-order chi connectivity index (χ1) is 21.2. The van der Waals surface area contributed by atoms with Gasteiger partial charge in [0.2, 0.25) is 0 Å². The number of fused-ring (bicyclic) bond motifs is 2. The Bertz CT molecular complexity index is 1660. The van der Waals surface area contributed by atoms with Gasteiger partial charge in [0.15, 0.2) is 0 Å². The minimum absolute atomic E-state index is 0. The number of carboxylic acids is 1. The van der Waals surface area contributed by atoms with Crippen molar-refractivity contribution in [2.24, 2.45) is 5.92 Å². The van der Waals surface area contributed by atoms with Gasteiger partial charge in [0.1, 0.15) is 0 Å². The van der Waals surface area contributed by atoms with Crippen LogP contribution in [0.1, 0.15) is 59.8 Å². The molecule has 0 aliphatic carbocycles. The molecule has 2 heterocycles. The molecule has 2 unspecified atom stereocenters. The molecule has 0 saturated heterocycles. The van der Waals surface area contributed by atoms with E-state index in [1.807, 2.05) is 54.6 Å². The van der Waals surface area contributed by atoms with Gasteiger partial charge in [0.05, 0.1) is 34.3 Å². The molecule has 9 nitrogen and oxygen atoms in total. The number of nitrogens with one attached hydrogen (secondary N) is 1. The van der Waals surface area contributed by atoms with E-state index in [-0.39, 0.29) is 82.6 Å². The summed E-state index contributed by atoms with van der Waals surface area (Å²) in [5.74, 6) is -3.66. The molecule has 0 bridgehead atoms. The van der Waals surface area contributed by atoms with Gasteiger partial charge in [0, 0.05) is 57.9 Å². The molecular weight excluding hydrogens is 599 g/mol. The van der Waals surface area contributed by atoms with Crippen molar-refractivity contribution in [3.8, 4) is 11.1 Å². The quantitative estimate of drug-likeness (QED) is 0.186. The van der Waals surface area contributed by atoms with Crippen LogP contribution in [0, 0.1) is 5.92 Å². The third kappa shape index (κ3) is 7.91. The van der Waals surface area contributed by atoms with Crippen molar-refractivity contribution in [1.82, 2.24) is 10.2 Å². The molecule has 2 atom stereocenters. The fourth-order valence-corrected chi connectivity index (χ4v) is 5.32. The Kier molecular flexibility index (Phi) is 11.7. The second kappa shape index (κ2) is 15.5. The molecule has 3 N–H and O–H groups in total. The second-order valence-corrected chi connectivity index (χ2v) is 10.5. The Morgan fingerprint density at radius 2 is 1.11 bits per heavy atom. The van der Waals surface area contributed by atoms with Crippen molar-refractivity contribution < 1.29 is 34.2 Å².